The van der Waals surface area contributed by atoms with Crippen LogP contribution in [-0.4, -0.2) is 23.2 Å². The lowest BCUT2D eigenvalue weighted by Crippen LogP contribution is -2.13. The summed E-state index contributed by atoms with van der Waals surface area (Å²) in [6.07, 6.45) is 0.930. The lowest BCUT2D eigenvalue weighted by atomic mass is 10.1. The van der Waals surface area contributed by atoms with Gasteiger partial charge in [0, 0.05) is 42.0 Å². The number of nitro groups is 1. The van der Waals surface area contributed by atoms with Gasteiger partial charge in [-0.25, -0.2) is 0 Å². The average Bonchev–Trinajstić information content (AvgIpc) is 2.59. The Kier molecular flexibility index (Phi) is 6.22. The van der Waals surface area contributed by atoms with Crippen molar-refractivity contribution in [3.05, 3.63) is 64.2 Å². The zero-order valence-corrected chi connectivity index (χ0v) is 13.8. The Morgan fingerprint density at radius 3 is 2.44 bits per heavy atom. The lowest BCUT2D eigenvalue weighted by molar-refractivity contribution is -0.384. The van der Waals surface area contributed by atoms with Crippen molar-refractivity contribution in [2.24, 2.45) is 0 Å². The van der Waals surface area contributed by atoms with Gasteiger partial charge in [0.2, 0.25) is 5.91 Å². The largest absolute Gasteiger partial charge is 0.385 e. The molecule has 1 amide bonds. The zero-order chi connectivity index (χ0) is 18.2. The van der Waals surface area contributed by atoms with Gasteiger partial charge in [-0.05, 0) is 37.6 Å². The Morgan fingerprint density at radius 2 is 1.80 bits per heavy atom. The summed E-state index contributed by atoms with van der Waals surface area (Å²) in [6, 6.07) is 12.9. The third kappa shape index (κ3) is 5.72. The molecule has 0 saturated heterocycles. The van der Waals surface area contributed by atoms with Gasteiger partial charge < -0.3 is 10.6 Å². The van der Waals surface area contributed by atoms with E-state index in [1.54, 1.807) is 36.4 Å². The van der Waals surface area contributed by atoms with Crippen molar-refractivity contribution in [1.82, 2.24) is 0 Å². The quantitative estimate of drug-likeness (QED) is 0.330. The van der Waals surface area contributed by atoms with Gasteiger partial charge >= 0.3 is 0 Å². The van der Waals surface area contributed by atoms with Crippen LogP contribution in [0.2, 0.25) is 0 Å². The van der Waals surface area contributed by atoms with E-state index in [1.165, 1.54) is 19.1 Å². The molecule has 0 radical (unpaired) electrons. The van der Waals surface area contributed by atoms with Crippen molar-refractivity contribution in [1.29, 1.82) is 0 Å². The number of benzene rings is 2. The third-order valence-corrected chi connectivity index (χ3v) is 3.54. The van der Waals surface area contributed by atoms with Gasteiger partial charge in [-0.1, -0.05) is 12.1 Å². The summed E-state index contributed by atoms with van der Waals surface area (Å²) in [5.41, 5.74) is 1.96. The van der Waals surface area contributed by atoms with E-state index < -0.39 is 4.92 Å². The van der Waals surface area contributed by atoms with E-state index >= 15 is 0 Å². The van der Waals surface area contributed by atoms with Crippen molar-refractivity contribution >= 4 is 28.8 Å². The Morgan fingerprint density at radius 1 is 1.08 bits per heavy atom. The number of carbonyl (C=O) groups is 2. The first-order valence-electron chi connectivity index (χ1n) is 7.85. The van der Waals surface area contributed by atoms with Gasteiger partial charge in [-0.3, -0.25) is 19.7 Å². The highest BCUT2D eigenvalue weighted by Gasteiger charge is 2.06. The van der Waals surface area contributed by atoms with Crippen LogP contribution in [0, 0.1) is 10.1 Å². The normalized spacial score (nSPS) is 10.1. The van der Waals surface area contributed by atoms with E-state index in [4.69, 9.17) is 0 Å². The van der Waals surface area contributed by atoms with Gasteiger partial charge in [0.1, 0.15) is 0 Å². The Hall–Kier alpha value is -3.22. The Balaban J connectivity index is 1.74. The average molecular weight is 341 g/mol. The van der Waals surface area contributed by atoms with E-state index in [2.05, 4.69) is 10.6 Å². The van der Waals surface area contributed by atoms with Crippen LogP contribution < -0.4 is 10.6 Å². The SMILES string of the molecule is CC(=O)c1cccc(NC(=O)CCCNc2ccc([N+](=O)[O-])cc2)c1. The molecule has 0 aromatic heterocycles. The number of carbonyl (C=O) groups excluding carboxylic acids is 2. The zero-order valence-electron chi connectivity index (χ0n) is 13.8. The summed E-state index contributed by atoms with van der Waals surface area (Å²) in [5, 5.41) is 16.4. The van der Waals surface area contributed by atoms with Crippen molar-refractivity contribution in [3.63, 3.8) is 0 Å². The molecule has 2 aromatic rings. The molecule has 0 heterocycles. The minimum Gasteiger partial charge on any atom is -0.385 e. The highest BCUT2D eigenvalue weighted by molar-refractivity contribution is 5.97. The van der Waals surface area contributed by atoms with Crippen LogP contribution >= 0.6 is 0 Å². The van der Waals surface area contributed by atoms with Crippen LogP contribution in [0.3, 0.4) is 0 Å². The molecule has 0 aliphatic carbocycles. The summed E-state index contributed by atoms with van der Waals surface area (Å²) in [7, 11) is 0. The van der Waals surface area contributed by atoms with Crippen LogP contribution in [0.15, 0.2) is 48.5 Å². The second-order valence-corrected chi connectivity index (χ2v) is 5.52. The Labute approximate surface area is 145 Å². The van der Waals surface area contributed by atoms with Gasteiger partial charge in [-0.2, -0.15) is 0 Å². The van der Waals surface area contributed by atoms with Crippen LogP contribution in [0.5, 0.6) is 0 Å². The minimum absolute atomic E-state index is 0.0396. The number of amides is 1. The first-order valence-corrected chi connectivity index (χ1v) is 7.85. The molecule has 0 bridgehead atoms. The fourth-order valence-electron chi connectivity index (χ4n) is 2.22. The molecule has 7 heteroatoms. The molecule has 7 nitrogen and oxygen atoms in total. The number of nitrogens with zero attached hydrogens (tertiary/aromatic N) is 1. The summed E-state index contributed by atoms with van der Waals surface area (Å²) < 4.78 is 0. The highest BCUT2D eigenvalue weighted by Crippen LogP contribution is 2.15. The van der Waals surface area contributed by atoms with Crippen LogP contribution in [-0.2, 0) is 4.79 Å². The van der Waals surface area contributed by atoms with Gasteiger partial charge in [0.15, 0.2) is 5.78 Å². The lowest BCUT2D eigenvalue weighted by Gasteiger charge is -2.08. The highest BCUT2D eigenvalue weighted by atomic mass is 16.6. The number of hydrogen-bond acceptors (Lipinski definition) is 5. The number of ketones is 1. The van der Waals surface area contributed by atoms with Crippen molar-refractivity contribution in [2.75, 3.05) is 17.2 Å². The van der Waals surface area contributed by atoms with Gasteiger partial charge in [-0.15, -0.1) is 0 Å². The molecule has 2 rings (SSSR count). The van der Waals surface area contributed by atoms with Crippen LogP contribution in [0.1, 0.15) is 30.1 Å². The number of nitrogens with one attached hydrogen (secondary N) is 2. The third-order valence-electron chi connectivity index (χ3n) is 3.54. The molecule has 0 aliphatic heterocycles. The predicted molar refractivity (Wildman–Crippen MR) is 95.9 cm³/mol. The minimum atomic E-state index is -0.449. The number of Topliss-reactive ketones (excluding diaryl/α,β-unsaturated/α-hetero) is 1. The van der Waals surface area contributed by atoms with Crippen LogP contribution in [0.25, 0.3) is 0 Å². The van der Waals surface area contributed by atoms with Crippen molar-refractivity contribution < 1.29 is 14.5 Å². The van der Waals surface area contributed by atoms with Gasteiger partial charge in [0.25, 0.3) is 5.69 Å². The maximum Gasteiger partial charge on any atom is 0.269 e. The smallest absolute Gasteiger partial charge is 0.269 e. The second kappa shape index (κ2) is 8.58. The van der Waals surface area contributed by atoms with Crippen LogP contribution in [0.4, 0.5) is 17.1 Å². The molecule has 0 atom stereocenters. The fraction of sp³-hybridized carbons (Fsp3) is 0.222. The maximum atomic E-state index is 11.9. The number of hydrogen-bond donors (Lipinski definition) is 2. The summed E-state index contributed by atoms with van der Waals surface area (Å²) in [6.45, 7) is 2.05. The first-order chi connectivity index (χ1) is 12.0. The second-order valence-electron chi connectivity index (χ2n) is 5.52. The van der Waals surface area contributed by atoms with E-state index in [1.807, 2.05) is 0 Å². The fourth-order valence-corrected chi connectivity index (χ4v) is 2.22. The summed E-state index contributed by atoms with van der Waals surface area (Å²) >= 11 is 0. The first kappa shape index (κ1) is 18.1. The molecule has 0 aliphatic rings. The monoisotopic (exact) mass is 341 g/mol. The van der Waals surface area contributed by atoms with Gasteiger partial charge in [0.05, 0.1) is 4.92 Å². The topological polar surface area (TPSA) is 101 Å². The molecule has 2 aromatic carbocycles. The maximum absolute atomic E-state index is 11.9. The molecule has 0 spiro atoms. The number of rotatable bonds is 8. The van der Waals surface area contributed by atoms with E-state index in [0.29, 0.717) is 30.6 Å². The molecular weight excluding hydrogens is 322 g/mol. The molecular formula is C18H19N3O4. The van der Waals surface area contributed by atoms with E-state index in [9.17, 15) is 19.7 Å². The number of anilines is 2. The van der Waals surface area contributed by atoms with Crippen molar-refractivity contribution in [2.45, 2.75) is 19.8 Å². The number of non-ortho nitro benzene ring substituents is 1. The molecule has 130 valence electrons. The summed E-state index contributed by atoms with van der Waals surface area (Å²) in [4.78, 5) is 33.4. The molecule has 0 unspecified atom stereocenters. The molecule has 0 saturated carbocycles. The predicted octanol–water partition coefficient (Wildman–Crippen LogP) is 3.63. The number of nitro benzene ring substituents is 1. The van der Waals surface area contributed by atoms with E-state index in [0.717, 1.165) is 5.69 Å². The van der Waals surface area contributed by atoms with E-state index in [-0.39, 0.29) is 17.4 Å². The standard InChI is InChI=1S/C18H19N3O4/c1-13(22)14-4-2-5-16(12-14)20-18(23)6-3-11-19-15-7-9-17(10-8-15)21(24)25/h2,4-5,7-10,12,19H,3,6,11H2,1H3,(H,20,23). The molecule has 2 N–H and O–H groups in total. The summed E-state index contributed by atoms with van der Waals surface area (Å²) in [5.74, 6) is -0.186. The molecule has 25 heavy (non-hydrogen) atoms. The van der Waals surface area contributed by atoms with Crippen molar-refractivity contribution in [3.8, 4) is 0 Å². The Bertz CT molecular complexity index is 772. The molecule has 0 fully saturated rings.